The number of likely N-dealkylation sites (tertiary alicyclic amines) is 1. The van der Waals surface area contributed by atoms with E-state index in [1.807, 2.05) is 12.1 Å². The highest BCUT2D eigenvalue weighted by molar-refractivity contribution is 5.89. The van der Waals surface area contributed by atoms with Crippen LogP contribution in [0.1, 0.15) is 6.42 Å². The van der Waals surface area contributed by atoms with Crippen molar-refractivity contribution in [1.29, 1.82) is 0 Å². The Morgan fingerprint density at radius 3 is 2.55 bits per heavy atom. The van der Waals surface area contributed by atoms with Gasteiger partial charge >= 0.3 is 6.03 Å². The maximum Gasteiger partial charge on any atom is 0.321 e. The molecule has 1 fully saturated rings. The summed E-state index contributed by atoms with van der Waals surface area (Å²) in [5.41, 5.74) is 1.52. The molecule has 1 aliphatic heterocycles. The second-order valence-electron chi connectivity index (χ2n) is 4.68. The van der Waals surface area contributed by atoms with Crippen molar-refractivity contribution in [1.82, 2.24) is 19.9 Å². The molecule has 1 aromatic heterocycles. The van der Waals surface area contributed by atoms with Crippen LogP contribution in [0.3, 0.4) is 0 Å². The Labute approximate surface area is 115 Å². The van der Waals surface area contributed by atoms with E-state index < -0.39 is 6.10 Å². The van der Waals surface area contributed by atoms with Gasteiger partial charge in [-0.2, -0.15) is 15.0 Å². The van der Waals surface area contributed by atoms with Gasteiger partial charge in [0.1, 0.15) is 0 Å². The summed E-state index contributed by atoms with van der Waals surface area (Å²) in [5, 5.41) is 20.3. The maximum atomic E-state index is 11.9. The third-order valence-corrected chi connectivity index (χ3v) is 3.22. The van der Waals surface area contributed by atoms with Crippen molar-refractivity contribution in [3.05, 3.63) is 36.7 Å². The van der Waals surface area contributed by atoms with Crippen molar-refractivity contribution in [2.24, 2.45) is 0 Å². The highest BCUT2D eigenvalue weighted by Crippen LogP contribution is 2.14. The fourth-order valence-corrected chi connectivity index (χ4v) is 2.16. The molecule has 20 heavy (non-hydrogen) atoms. The molecule has 0 unspecified atom stereocenters. The average Bonchev–Trinajstić information content (AvgIpc) is 3.10. The normalized spacial score (nSPS) is 18.2. The van der Waals surface area contributed by atoms with Gasteiger partial charge in [0.2, 0.25) is 0 Å². The molecule has 2 aromatic rings. The van der Waals surface area contributed by atoms with Crippen LogP contribution >= 0.6 is 0 Å². The topological polar surface area (TPSA) is 83.3 Å². The molecule has 2 N–H and O–H groups in total. The summed E-state index contributed by atoms with van der Waals surface area (Å²) in [6.45, 7) is 0.976. The number of β-amino-alcohol motifs (C(OH)–C–C–N with tert-alkyl or cyclic N) is 1. The molecule has 7 heteroatoms. The van der Waals surface area contributed by atoms with Gasteiger partial charge < -0.3 is 15.3 Å². The SMILES string of the molecule is O=C(Nc1ccc(-n2nccn2)cc1)N1CC[C@@H](O)C1. The smallest absolute Gasteiger partial charge is 0.321 e. The number of nitrogens with zero attached hydrogens (tertiary/aromatic N) is 4. The Morgan fingerprint density at radius 1 is 1.25 bits per heavy atom. The standard InChI is InChI=1S/C13H15N5O2/c19-12-5-8-17(9-12)13(20)16-10-1-3-11(4-2-10)18-14-6-7-15-18/h1-4,6-7,12,19H,5,8-9H2,(H,16,20)/t12-/m1/s1. The number of hydrogen-bond acceptors (Lipinski definition) is 4. The van der Waals surface area contributed by atoms with E-state index in [2.05, 4.69) is 15.5 Å². The summed E-state index contributed by atoms with van der Waals surface area (Å²) in [7, 11) is 0. The maximum absolute atomic E-state index is 11.9. The van der Waals surface area contributed by atoms with Gasteiger partial charge in [0.05, 0.1) is 24.2 Å². The number of aliphatic hydroxyl groups is 1. The molecule has 1 aliphatic rings. The van der Waals surface area contributed by atoms with E-state index in [1.54, 1.807) is 29.4 Å². The number of hydrogen-bond donors (Lipinski definition) is 2. The van der Waals surface area contributed by atoms with Crippen molar-refractivity contribution in [2.45, 2.75) is 12.5 Å². The predicted molar refractivity (Wildman–Crippen MR) is 72.6 cm³/mol. The van der Waals surface area contributed by atoms with E-state index in [9.17, 15) is 9.90 Å². The van der Waals surface area contributed by atoms with E-state index in [0.29, 0.717) is 25.2 Å². The summed E-state index contributed by atoms with van der Waals surface area (Å²) in [5.74, 6) is 0. The Kier molecular flexibility index (Phi) is 3.34. The first kappa shape index (κ1) is 12.6. The van der Waals surface area contributed by atoms with Crippen LogP contribution in [0.4, 0.5) is 10.5 Å². The number of aliphatic hydroxyl groups excluding tert-OH is 1. The van der Waals surface area contributed by atoms with Crippen molar-refractivity contribution in [2.75, 3.05) is 18.4 Å². The second-order valence-corrected chi connectivity index (χ2v) is 4.68. The molecule has 104 valence electrons. The van der Waals surface area contributed by atoms with Gasteiger partial charge in [-0.05, 0) is 30.7 Å². The number of benzene rings is 1. The van der Waals surface area contributed by atoms with E-state index in [0.717, 1.165) is 5.69 Å². The summed E-state index contributed by atoms with van der Waals surface area (Å²) in [4.78, 5) is 15.1. The van der Waals surface area contributed by atoms with Gasteiger partial charge in [0, 0.05) is 18.8 Å². The molecule has 2 amide bonds. The number of nitrogens with one attached hydrogen (secondary N) is 1. The quantitative estimate of drug-likeness (QED) is 0.850. The second kappa shape index (κ2) is 5.30. The fourth-order valence-electron chi connectivity index (χ4n) is 2.16. The van der Waals surface area contributed by atoms with Crippen LogP contribution < -0.4 is 5.32 Å². The minimum absolute atomic E-state index is 0.188. The summed E-state index contributed by atoms with van der Waals surface area (Å²) in [6, 6.07) is 7.06. The number of rotatable bonds is 2. The van der Waals surface area contributed by atoms with Crippen LogP contribution in [0.5, 0.6) is 0 Å². The predicted octanol–water partition coefficient (Wildman–Crippen LogP) is 0.866. The Bertz CT molecular complexity index is 581. The van der Waals surface area contributed by atoms with Crippen molar-refractivity contribution in [3.63, 3.8) is 0 Å². The third kappa shape index (κ3) is 2.62. The van der Waals surface area contributed by atoms with Crippen LogP contribution in [0, 0.1) is 0 Å². The summed E-state index contributed by atoms with van der Waals surface area (Å²) in [6.07, 6.45) is 3.44. The van der Waals surface area contributed by atoms with Crippen molar-refractivity contribution < 1.29 is 9.90 Å². The number of anilines is 1. The summed E-state index contributed by atoms with van der Waals surface area (Å²) >= 11 is 0. The van der Waals surface area contributed by atoms with Gasteiger partial charge in [0.15, 0.2) is 0 Å². The van der Waals surface area contributed by atoms with Crippen molar-refractivity contribution >= 4 is 11.7 Å². The minimum atomic E-state index is -0.408. The molecule has 0 spiro atoms. The van der Waals surface area contributed by atoms with Crippen LogP contribution in [0.25, 0.3) is 5.69 Å². The first-order chi connectivity index (χ1) is 9.72. The van der Waals surface area contributed by atoms with Gasteiger partial charge in [0.25, 0.3) is 0 Å². The fraction of sp³-hybridized carbons (Fsp3) is 0.308. The molecule has 0 radical (unpaired) electrons. The number of urea groups is 1. The minimum Gasteiger partial charge on any atom is -0.391 e. The lowest BCUT2D eigenvalue weighted by Crippen LogP contribution is -2.33. The lowest BCUT2D eigenvalue weighted by atomic mass is 10.3. The number of carbonyl (C=O) groups excluding carboxylic acids is 1. The first-order valence-electron chi connectivity index (χ1n) is 6.43. The Morgan fingerprint density at radius 2 is 1.95 bits per heavy atom. The highest BCUT2D eigenvalue weighted by Gasteiger charge is 2.24. The van der Waals surface area contributed by atoms with Gasteiger partial charge in [-0.15, -0.1) is 0 Å². The first-order valence-corrected chi connectivity index (χ1v) is 6.43. The van der Waals surface area contributed by atoms with Gasteiger partial charge in [-0.25, -0.2) is 4.79 Å². The van der Waals surface area contributed by atoms with Crippen LogP contribution in [0.15, 0.2) is 36.7 Å². The average molecular weight is 273 g/mol. The number of carbonyl (C=O) groups is 1. The zero-order chi connectivity index (χ0) is 13.9. The lowest BCUT2D eigenvalue weighted by molar-refractivity contribution is 0.176. The Hall–Kier alpha value is -2.41. The molecule has 0 aliphatic carbocycles. The molecule has 1 saturated heterocycles. The third-order valence-electron chi connectivity index (χ3n) is 3.22. The monoisotopic (exact) mass is 273 g/mol. The van der Waals surface area contributed by atoms with E-state index in [4.69, 9.17) is 0 Å². The highest BCUT2D eigenvalue weighted by atomic mass is 16.3. The molecule has 0 saturated carbocycles. The molecule has 3 rings (SSSR count). The number of aromatic nitrogens is 3. The van der Waals surface area contributed by atoms with E-state index >= 15 is 0 Å². The number of amides is 2. The van der Waals surface area contributed by atoms with Crippen LogP contribution in [-0.4, -0.2) is 50.2 Å². The molecular weight excluding hydrogens is 258 g/mol. The van der Waals surface area contributed by atoms with Crippen molar-refractivity contribution in [3.8, 4) is 5.69 Å². The summed E-state index contributed by atoms with van der Waals surface area (Å²) < 4.78 is 0. The lowest BCUT2D eigenvalue weighted by Gasteiger charge is -2.16. The van der Waals surface area contributed by atoms with Gasteiger partial charge in [-0.3, -0.25) is 0 Å². The van der Waals surface area contributed by atoms with E-state index in [-0.39, 0.29) is 6.03 Å². The van der Waals surface area contributed by atoms with Gasteiger partial charge in [-0.1, -0.05) is 0 Å². The van der Waals surface area contributed by atoms with E-state index in [1.165, 1.54) is 4.80 Å². The molecular formula is C13H15N5O2. The molecule has 1 aromatic carbocycles. The zero-order valence-electron chi connectivity index (χ0n) is 10.8. The van der Waals surface area contributed by atoms with Crippen LogP contribution in [0.2, 0.25) is 0 Å². The molecule has 7 nitrogen and oxygen atoms in total. The Balaban J connectivity index is 1.65. The molecule has 2 heterocycles. The zero-order valence-corrected chi connectivity index (χ0v) is 10.8. The van der Waals surface area contributed by atoms with Crippen LogP contribution in [-0.2, 0) is 0 Å². The largest absolute Gasteiger partial charge is 0.391 e. The molecule has 1 atom stereocenters. The molecule has 0 bridgehead atoms.